The Bertz CT molecular complexity index is 605. The van der Waals surface area contributed by atoms with E-state index in [1.54, 1.807) is 24.3 Å². The van der Waals surface area contributed by atoms with E-state index in [0.717, 1.165) is 90.1 Å². The third-order valence-corrected chi connectivity index (χ3v) is 5.24. The molecular formula is C24H36N2O4. The number of carbonyl (C=O) groups excluding carboxylic acids is 2. The summed E-state index contributed by atoms with van der Waals surface area (Å²) in [5.41, 5.74) is 0.567. The third-order valence-electron chi connectivity index (χ3n) is 5.24. The van der Waals surface area contributed by atoms with Gasteiger partial charge < -0.3 is 9.47 Å². The van der Waals surface area contributed by atoms with Crippen LogP contribution in [0, 0.1) is 0 Å². The van der Waals surface area contributed by atoms with Gasteiger partial charge in [0, 0.05) is 0 Å². The van der Waals surface area contributed by atoms with Gasteiger partial charge >= 0.3 is 11.9 Å². The van der Waals surface area contributed by atoms with Crippen LogP contribution >= 0.6 is 0 Å². The molecule has 0 spiro atoms. The molecule has 1 aliphatic rings. The molecule has 0 atom stereocenters. The first kappa shape index (κ1) is 24.0. The summed E-state index contributed by atoms with van der Waals surface area (Å²) in [5, 5.41) is 8.51. The molecule has 166 valence electrons. The highest BCUT2D eigenvalue weighted by Gasteiger charge is 2.18. The van der Waals surface area contributed by atoms with E-state index >= 15 is 0 Å². The smallest absolute Gasteiger partial charge is 0.339 e. The van der Waals surface area contributed by atoms with E-state index in [1.807, 2.05) is 0 Å². The normalized spacial score (nSPS) is 19.7. The molecule has 1 aromatic rings. The van der Waals surface area contributed by atoms with Crippen molar-refractivity contribution < 1.29 is 19.1 Å². The van der Waals surface area contributed by atoms with E-state index in [0.29, 0.717) is 13.2 Å². The Balaban J connectivity index is 1.84. The van der Waals surface area contributed by atoms with Crippen LogP contribution in [-0.4, -0.2) is 38.2 Å². The van der Waals surface area contributed by atoms with Crippen LogP contribution in [-0.2, 0) is 9.47 Å². The molecule has 0 bridgehead atoms. The number of rotatable bonds is 0. The van der Waals surface area contributed by atoms with E-state index in [-0.39, 0.29) is 11.1 Å². The van der Waals surface area contributed by atoms with Crippen molar-refractivity contribution >= 4 is 11.9 Å². The van der Waals surface area contributed by atoms with Crippen molar-refractivity contribution in [1.82, 2.24) is 0 Å². The molecule has 0 saturated carbocycles. The highest BCUT2D eigenvalue weighted by molar-refractivity contribution is 6.03. The van der Waals surface area contributed by atoms with Gasteiger partial charge in [0.05, 0.1) is 37.4 Å². The molecule has 0 aliphatic carbocycles. The second-order valence-corrected chi connectivity index (χ2v) is 7.79. The second kappa shape index (κ2) is 15.6. The molecular weight excluding hydrogens is 380 g/mol. The summed E-state index contributed by atoms with van der Waals surface area (Å²) >= 11 is 0. The molecule has 1 aromatic carbocycles. The Morgan fingerprint density at radius 2 is 0.900 bits per heavy atom. The van der Waals surface area contributed by atoms with Crippen molar-refractivity contribution in [2.45, 2.75) is 77.0 Å². The number of hydrogen-bond acceptors (Lipinski definition) is 6. The molecule has 2 rings (SSSR count). The van der Waals surface area contributed by atoms with E-state index < -0.39 is 11.9 Å². The van der Waals surface area contributed by atoms with Gasteiger partial charge in [0.25, 0.3) is 0 Å². The molecule has 1 aliphatic heterocycles. The maximum absolute atomic E-state index is 12.4. The zero-order valence-electron chi connectivity index (χ0n) is 18.2. The van der Waals surface area contributed by atoms with Gasteiger partial charge in [-0.1, -0.05) is 63.5 Å². The van der Waals surface area contributed by atoms with E-state index in [9.17, 15) is 9.59 Å². The fourth-order valence-corrected chi connectivity index (χ4v) is 3.45. The molecule has 0 aromatic heterocycles. The topological polar surface area (TPSA) is 77.3 Å². The van der Waals surface area contributed by atoms with Crippen LogP contribution < -0.4 is 0 Å². The predicted octanol–water partition coefficient (Wildman–Crippen LogP) is 6.15. The molecule has 0 amide bonds. The largest absolute Gasteiger partial charge is 0.462 e. The number of azo groups is 1. The van der Waals surface area contributed by atoms with Gasteiger partial charge in [-0.2, -0.15) is 10.2 Å². The molecule has 6 heteroatoms. The minimum Gasteiger partial charge on any atom is -0.462 e. The van der Waals surface area contributed by atoms with Crippen molar-refractivity contribution in [3.05, 3.63) is 35.4 Å². The molecule has 6 nitrogen and oxygen atoms in total. The zero-order valence-corrected chi connectivity index (χ0v) is 18.2. The number of carbonyl (C=O) groups is 2. The first-order valence-electron chi connectivity index (χ1n) is 11.6. The first-order valence-corrected chi connectivity index (χ1v) is 11.6. The monoisotopic (exact) mass is 416 g/mol. The van der Waals surface area contributed by atoms with E-state index in [1.165, 1.54) is 0 Å². The lowest BCUT2D eigenvalue weighted by molar-refractivity contribution is 0.0450. The number of nitrogens with zero attached hydrogens (tertiary/aromatic N) is 2. The Morgan fingerprint density at radius 1 is 0.533 bits per heavy atom. The van der Waals surface area contributed by atoms with Gasteiger partial charge in [-0.25, -0.2) is 9.59 Å². The minimum atomic E-state index is -0.456. The number of cyclic esters (lactones) is 2. The van der Waals surface area contributed by atoms with Crippen molar-refractivity contribution in [3.63, 3.8) is 0 Å². The Hall–Kier alpha value is -2.24. The molecule has 30 heavy (non-hydrogen) atoms. The maximum Gasteiger partial charge on any atom is 0.339 e. The van der Waals surface area contributed by atoms with Gasteiger partial charge in [-0.05, 0) is 37.8 Å². The van der Waals surface area contributed by atoms with Crippen LogP contribution in [0.15, 0.2) is 34.5 Å². The van der Waals surface area contributed by atoms with Gasteiger partial charge in [0.15, 0.2) is 0 Å². The van der Waals surface area contributed by atoms with Crippen molar-refractivity contribution in [1.29, 1.82) is 0 Å². The molecule has 0 N–H and O–H groups in total. The summed E-state index contributed by atoms with van der Waals surface area (Å²) in [6.07, 6.45) is 12.8. The average molecular weight is 417 g/mol. The lowest BCUT2D eigenvalue weighted by Gasteiger charge is -2.10. The Labute approximate surface area is 180 Å². The second-order valence-electron chi connectivity index (χ2n) is 7.79. The summed E-state index contributed by atoms with van der Waals surface area (Å²) in [5.74, 6) is -0.912. The lowest BCUT2D eigenvalue weighted by Crippen LogP contribution is -2.15. The number of fused-ring (bicyclic) bond motifs is 1. The molecule has 0 fully saturated rings. The fraction of sp³-hybridized carbons (Fsp3) is 0.667. The average Bonchev–Trinajstić information content (AvgIpc) is 2.76. The lowest BCUT2D eigenvalue weighted by atomic mass is 10.1. The van der Waals surface area contributed by atoms with E-state index in [2.05, 4.69) is 10.2 Å². The highest BCUT2D eigenvalue weighted by atomic mass is 16.5. The number of ether oxygens (including phenoxy) is 2. The fourth-order valence-electron chi connectivity index (χ4n) is 3.45. The van der Waals surface area contributed by atoms with Crippen molar-refractivity contribution in [2.75, 3.05) is 26.3 Å². The summed E-state index contributed by atoms with van der Waals surface area (Å²) in [7, 11) is 0. The van der Waals surface area contributed by atoms with E-state index in [4.69, 9.17) is 9.47 Å². The van der Waals surface area contributed by atoms with Crippen LogP contribution in [0.5, 0.6) is 0 Å². The zero-order chi connectivity index (χ0) is 21.3. The maximum atomic E-state index is 12.4. The van der Waals surface area contributed by atoms with Gasteiger partial charge in [0.1, 0.15) is 0 Å². The van der Waals surface area contributed by atoms with Crippen molar-refractivity contribution in [3.8, 4) is 0 Å². The summed E-state index contributed by atoms with van der Waals surface area (Å²) in [4.78, 5) is 24.8. The molecule has 0 radical (unpaired) electrons. The number of benzene rings is 1. The van der Waals surface area contributed by atoms with Crippen molar-refractivity contribution in [2.24, 2.45) is 10.2 Å². The quantitative estimate of drug-likeness (QED) is 0.475. The van der Waals surface area contributed by atoms with Crippen LogP contribution in [0.1, 0.15) is 97.8 Å². The minimum absolute atomic E-state index is 0.283. The van der Waals surface area contributed by atoms with Gasteiger partial charge in [-0.15, -0.1) is 0 Å². The summed E-state index contributed by atoms with van der Waals surface area (Å²) in [6, 6.07) is 6.73. The molecule has 0 unspecified atom stereocenters. The third kappa shape index (κ3) is 9.99. The van der Waals surface area contributed by atoms with Crippen LogP contribution in [0.2, 0.25) is 0 Å². The molecule has 0 saturated heterocycles. The van der Waals surface area contributed by atoms with Gasteiger partial charge in [0.2, 0.25) is 0 Å². The predicted molar refractivity (Wildman–Crippen MR) is 117 cm³/mol. The van der Waals surface area contributed by atoms with Crippen LogP contribution in [0.4, 0.5) is 0 Å². The summed E-state index contributed by atoms with van der Waals surface area (Å²) in [6.45, 7) is 2.40. The van der Waals surface area contributed by atoms with Gasteiger partial charge in [-0.3, -0.25) is 0 Å². The summed E-state index contributed by atoms with van der Waals surface area (Å²) < 4.78 is 10.8. The first-order chi connectivity index (χ1) is 14.8. The number of esters is 2. The number of hydrogen-bond donors (Lipinski definition) is 0. The van der Waals surface area contributed by atoms with Crippen LogP contribution in [0.3, 0.4) is 0 Å². The highest BCUT2D eigenvalue weighted by Crippen LogP contribution is 2.14. The Morgan fingerprint density at radius 3 is 1.33 bits per heavy atom. The SMILES string of the molecule is O=C1OCCCCCCCCN=NCCCCCCCCOC(=O)c2ccccc21. The molecule has 1 heterocycles. The standard InChI is InChI=1S/C24H36N2O4/c27-23-21-15-9-10-16-22(21)24(28)30-20-14-8-4-2-6-12-18-26-25-17-11-5-1-3-7-13-19-29-23/h9-10,15-16H,1-8,11-14,17-20H2. The Kier molecular flexibility index (Phi) is 12.5. The van der Waals surface area contributed by atoms with Crippen LogP contribution in [0.25, 0.3) is 0 Å².